The number of nitro benzene ring substituents is 3. The molecular weight excluding hydrogens is 572 g/mol. The molecule has 224 valence electrons. The Bertz CT molecular complexity index is 2080. The molecule has 0 aliphatic carbocycles. The van der Waals surface area contributed by atoms with Gasteiger partial charge in [-0.2, -0.15) is 0 Å². The van der Waals surface area contributed by atoms with Crippen LogP contribution in [0.2, 0.25) is 0 Å². The summed E-state index contributed by atoms with van der Waals surface area (Å²) in [5.41, 5.74) is 2.88. The summed E-state index contributed by atoms with van der Waals surface area (Å²) in [6.45, 7) is 2.40. The first-order valence-corrected chi connectivity index (χ1v) is 13.7. The van der Waals surface area contributed by atoms with E-state index in [1.54, 1.807) is 47.4 Å². The summed E-state index contributed by atoms with van der Waals surface area (Å²) in [6, 6.07) is 13.5. The molecule has 0 aliphatic rings. The number of aliphatic hydroxyl groups is 1. The van der Waals surface area contributed by atoms with E-state index in [2.05, 4.69) is 9.97 Å². The Balaban J connectivity index is 1.68. The molecule has 0 saturated heterocycles. The minimum Gasteiger partial charge on any atom is -0.389 e. The Morgan fingerprint density at radius 2 is 1.52 bits per heavy atom. The molecule has 0 radical (unpaired) electrons. The summed E-state index contributed by atoms with van der Waals surface area (Å²) in [7, 11) is 0. The summed E-state index contributed by atoms with van der Waals surface area (Å²) in [4.78, 5) is 40.5. The Hall–Kier alpha value is -5.60. The number of non-ortho nitro benzene ring substituents is 3. The number of benzene rings is 3. The lowest BCUT2D eigenvalue weighted by Crippen LogP contribution is -2.21. The van der Waals surface area contributed by atoms with Gasteiger partial charge in [0.25, 0.3) is 17.1 Å². The molecule has 3 heterocycles. The molecule has 6 aromatic rings. The molecular formula is C30H26N6O8. The molecule has 3 N–H and O–H groups in total. The van der Waals surface area contributed by atoms with Crippen molar-refractivity contribution >= 4 is 49.8 Å². The lowest BCUT2D eigenvalue weighted by Gasteiger charge is -2.17. The third-order valence-electron chi connectivity index (χ3n) is 7.78. The maximum Gasteiger partial charge on any atom is 0.279 e. The van der Waals surface area contributed by atoms with Crippen molar-refractivity contribution in [2.24, 2.45) is 0 Å². The fourth-order valence-corrected chi connectivity index (χ4v) is 5.90. The molecule has 6 rings (SSSR count). The average Bonchev–Trinajstić information content (AvgIpc) is 3.72. The highest BCUT2D eigenvalue weighted by Gasteiger charge is 2.31. The van der Waals surface area contributed by atoms with Crippen LogP contribution in [0, 0.1) is 30.3 Å². The zero-order chi connectivity index (χ0) is 31.1. The smallest absolute Gasteiger partial charge is 0.279 e. The van der Waals surface area contributed by atoms with Gasteiger partial charge in [0.15, 0.2) is 0 Å². The van der Waals surface area contributed by atoms with Crippen molar-refractivity contribution in [3.8, 4) is 0 Å². The first kappa shape index (κ1) is 28.5. The number of fused-ring (bicyclic) bond motifs is 3. The number of aromatic amines is 2. The number of aromatic nitrogens is 3. The van der Waals surface area contributed by atoms with Gasteiger partial charge in [0.2, 0.25) is 0 Å². The molecule has 2 unspecified atom stereocenters. The third kappa shape index (κ3) is 4.91. The topological polar surface area (TPSA) is 195 Å². The van der Waals surface area contributed by atoms with Crippen molar-refractivity contribution in [2.75, 3.05) is 13.2 Å². The second-order valence-corrected chi connectivity index (χ2v) is 10.4. The van der Waals surface area contributed by atoms with Crippen molar-refractivity contribution in [2.45, 2.75) is 25.5 Å². The molecule has 2 atom stereocenters. The van der Waals surface area contributed by atoms with Gasteiger partial charge >= 0.3 is 0 Å². The highest BCUT2D eigenvalue weighted by molar-refractivity contribution is 5.97. The maximum atomic E-state index is 12.2. The zero-order valence-corrected chi connectivity index (χ0v) is 23.3. The molecule has 14 heteroatoms. The van der Waals surface area contributed by atoms with Crippen LogP contribution in [-0.4, -0.2) is 53.7 Å². The second-order valence-electron chi connectivity index (χ2n) is 10.4. The van der Waals surface area contributed by atoms with E-state index in [1.165, 1.54) is 30.3 Å². The summed E-state index contributed by atoms with van der Waals surface area (Å²) >= 11 is 0. The van der Waals surface area contributed by atoms with Gasteiger partial charge in [-0.05, 0) is 41.8 Å². The molecule has 14 nitrogen and oxygen atoms in total. The largest absolute Gasteiger partial charge is 0.389 e. The maximum absolute atomic E-state index is 12.2. The van der Waals surface area contributed by atoms with Crippen LogP contribution in [0.5, 0.6) is 0 Å². The van der Waals surface area contributed by atoms with Crippen molar-refractivity contribution < 1.29 is 24.6 Å². The highest BCUT2D eigenvalue weighted by Crippen LogP contribution is 2.45. The van der Waals surface area contributed by atoms with E-state index in [0.29, 0.717) is 56.0 Å². The zero-order valence-electron chi connectivity index (χ0n) is 23.3. The highest BCUT2D eigenvalue weighted by atomic mass is 16.6. The molecule has 3 aromatic heterocycles. The molecule has 44 heavy (non-hydrogen) atoms. The lowest BCUT2D eigenvalue weighted by atomic mass is 9.84. The normalized spacial score (nSPS) is 13.0. The van der Waals surface area contributed by atoms with Gasteiger partial charge in [-0.15, -0.1) is 0 Å². The van der Waals surface area contributed by atoms with Gasteiger partial charge in [0.1, 0.15) is 0 Å². The van der Waals surface area contributed by atoms with Crippen LogP contribution in [0.25, 0.3) is 32.7 Å². The summed E-state index contributed by atoms with van der Waals surface area (Å²) in [5.74, 6) is -0.782. The average molecular weight is 599 g/mol. The van der Waals surface area contributed by atoms with Gasteiger partial charge in [0.05, 0.1) is 44.9 Å². The summed E-state index contributed by atoms with van der Waals surface area (Å²) in [5, 5.41) is 47.8. The summed E-state index contributed by atoms with van der Waals surface area (Å²) in [6.07, 6.45) is 4.22. The van der Waals surface area contributed by atoms with Crippen LogP contribution in [0.3, 0.4) is 0 Å². The Labute approximate surface area is 247 Å². The fourth-order valence-electron chi connectivity index (χ4n) is 5.90. The number of hydrogen-bond acceptors (Lipinski definition) is 8. The van der Waals surface area contributed by atoms with Crippen LogP contribution >= 0.6 is 0 Å². The van der Waals surface area contributed by atoms with Crippen LogP contribution in [0.4, 0.5) is 17.1 Å². The SMILES string of the molecule is CCOCC(O)Cn1cc(C(c2c[nH]c3ccc([N+](=O)[O-])cc23)c2c[nH]c3cccc([N+](=O)[O-])c23)c2cc([N+](=O)[O-])ccc21. The number of nitrogens with zero attached hydrogens (tertiary/aromatic N) is 4. The van der Waals surface area contributed by atoms with Crippen molar-refractivity contribution in [3.63, 3.8) is 0 Å². The van der Waals surface area contributed by atoms with E-state index in [0.717, 1.165) is 0 Å². The first-order valence-electron chi connectivity index (χ1n) is 13.7. The van der Waals surface area contributed by atoms with Gasteiger partial charge in [-0.25, -0.2) is 0 Å². The van der Waals surface area contributed by atoms with E-state index in [1.807, 2.05) is 6.92 Å². The molecule has 0 aliphatic heterocycles. The predicted octanol–water partition coefficient (Wildman–Crippen LogP) is 5.91. The quantitative estimate of drug-likeness (QED) is 0.121. The Kier molecular flexibility index (Phi) is 7.28. The number of aliphatic hydroxyl groups excluding tert-OH is 1. The molecule has 0 bridgehead atoms. The minimum atomic E-state index is -0.892. The Morgan fingerprint density at radius 1 is 0.841 bits per heavy atom. The molecule has 0 saturated carbocycles. The number of ether oxygens (including phenoxy) is 1. The molecule has 0 amide bonds. The predicted molar refractivity (Wildman–Crippen MR) is 162 cm³/mol. The van der Waals surface area contributed by atoms with Crippen molar-refractivity contribution in [1.29, 1.82) is 0 Å². The molecule has 0 spiro atoms. The monoisotopic (exact) mass is 598 g/mol. The van der Waals surface area contributed by atoms with E-state index < -0.39 is 26.8 Å². The first-order chi connectivity index (χ1) is 21.2. The van der Waals surface area contributed by atoms with Gasteiger partial charge in [0, 0.05) is 83.3 Å². The summed E-state index contributed by atoms with van der Waals surface area (Å²) < 4.78 is 7.15. The second kappa shape index (κ2) is 11.2. The van der Waals surface area contributed by atoms with Gasteiger partial charge in [-0.3, -0.25) is 30.3 Å². The molecule has 3 aromatic carbocycles. The van der Waals surface area contributed by atoms with Gasteiger partial charge < -0.3 is 24.4 Å². The number of hydrogen-bond donors (Lipinski definition) is 3. The number of nitrogens with one attached hydrogen (secondary N) is 2. The van der Waals surface area contributed by atoms with E-state index in [4.69, 9.17) is 4.74 Å². The lowest BCUT2D eigenvalue weighted by molar-refractivity contribution is -0.384. The minimum absolute atomic E-state index is 0.0721. The van der Waals surface area contributed by atoms with Crippen LogP contribution in [-0.2, 0) is 11.3 Å². The van der Waals surface area contributed by atoms with Crippen molar-refractivity contribution in [3.05, 3.63) is 120 Å². The van der Waals surface area contributed by atoms with E-state index in [-0.39, 0.29) is 30.2 Å². The fraction of sp³-hybridized carbons (Fsp3) is 0.200. The van der Waals surface area contributed by atoms with E-state index in [9.17, 15) is 35.4 Å². The number of nitro groups is 3. The third-order valence-corrected chi connectivity index (χ3v) is 7.78. The van der Waals surface area contributed by atoms with Crippen molar-refractivity contribution in [1.82, 2.24) is 14.5 Å². The number of H-pyrrole nitrogens is 2. The van der Waals surface area contributed by atoms with E-state index >= 15 is 0 Å². The standard InChI is InChI=1S/C30H26N6O8/c1-2-44-16-19(37)14-33-15-24(21-11-18(35(40)41)7-9-27(21)33)29(22-12-31-25-8-6-17(34(38)39)10-20(22)25)23-13-32-26-4-3-5-28(30(23)26)36(42)43/h3-13,15,19,29,31-32,37H,2,14,16H2,1H3. The molecule has 0 fully saturated rings. The van der Waals surface area contributed by atoms with Crippen LogP contribution < -0.4 is 0 Å². The Morgan fingerprint density at radius 3 is 2.23 bits per heavy atom. The van der Waals surface area contributed by atoms with Gasteiger partial charge in [-0.1, -0.05) is 6.07 Å². The van der Waals surface area contributed by atoms with Crippen LogP contribution in [0.1, 0.15) is 29.5 Å². The number of rotatable bonds is 11. The van der Waals surface area contributed by atoms with Crippen LogP contribution in [0.15, 0.2) is 73.2 Å².